The second-order valence-corrected chi connectivity index (χ2v) is 2.05. The molecule has 0 bridgehead atoms. The molecule has 0 aromatic rings. The highest BCUT2D eigenvalue weighted by molar-refractivity contribution is 5.07. The summed E-state index contributed by atoms with van der Waals surface area (Å²) in [5.41, 5.74) is 0.262. The molecule has 0 aliphatic carbocycles. The van der Waals surface area contributed by atoms with E-state index in [2.05, 4.69) is 0 Å². The Labute approximate surface area is 65.4 Å². The molecule has 3 nitrogen and oxygen atoms in total. The van der Waals surface area contributed by atoms with Gasteiger partial charge in [0.15, 0.2) is 6.29 Å². The van der Waals surface area contributed by atoms with Gasteiger partial charge in [-0.3, -0.25) is 0 Å². The molecular formula is C7H13FO3. The average Bonchev–Trinajstić information content (AvgIpc) is 2.05. The van der Waals surface area contributed by atoms with Crippen molar-refractivity contribution in [3.05, 3.63) is 11.4 Å². The number of methoxy groups -OCH3 is 2. The molecule has 0 atom stereocenters. The van der Waals surface area contributed by atoms with Gasteiger partial charge in [0, 0.05) is 19.8 Å². The zero-order chi connectivity index (χ0) is 8.85. The molecule has 0 aromatic carbocycles. The summed E-state index contributed by atoms with van der Waals surface area (Å²) < 4.78 is 22.1. The van der Waals surface area contributed by atoms with Gasteiger partial charge in [-0.2, -0.15) is 0 Å². The molecule has 0 amide bonds. The number of halogens is 1. The lowest BCUT2D eigenvalue weighted by Gasteiger charge is -2.13. The van der Waals surface area contributed by atoms with Gasteiger partial charge in [0.1, 0.15) is 5.83 Å². The number of aliphatic hydroxyl groups excluding tert-OH is 1. The van der Waals surface area contributed by atoms with E-state index in [4.69, 9.17) is 14.6 Å². The molecule has 0 unspecified atom stereocenters. The Morgan fingerprint density at radius 2 is 1.91 bits per heavy atom. The Balaban J connectivity index is 4.28. The molecule has 0 heterocycles. The predicted octanol–water partition coefficient (Wildman–Crippen LogP) is 0.841. The van der Waals surface area contributed by atoms with Crippen molar-refractivity contribution >= 4 is 0 Å². The highest BCUT2D eigenvalue weighted by Crippen LogP contribution is 2.12. The molecule has 0 aromatic heterocycles. The third-order valence-corrected chi connectivity index (χ3v) is 1.35. The Bertz CT molecular complexity index is 141. The summed E-state index contributed by atoms with van der Waals surface area (Å²) in [7, 11) is 2.81. The first-order chi connectivity index (χ1) is 5.17. The summed E-state index contributed by atoms with van der Waals surface area (Å²) in [5.74, 6) is -0.612. The van der Waals surface area contributed by atoms with Gasteiger partial charge >= 0.3 is 0 Å². The predicted molar refractivity (Wildman–Crippen MR) is 38.7 cm³/mol. The number of aliphatic hydroxyl groups is 1. The highest BCUT2D eigenvalue weighted by atomic mass is 19.1. The molecule has 0 aliphatic rings. The zero-order valence-electron chi connectivity index (χ0n) is 6.93. The van der Waals surface area contributed by atoms with Crippen LogP contribution in [0.25, 0.3) is 0 Å². The minimum absolute atomic E-state index is 0.262. The number of rotatable bonds is 4. The summed E-state index contributed by atoms with van der Waals surface area (Å²) in [4.78, 5) is 0. The maximum atomic E-state index is 12.6. The van der Waals surface area contributed by atoms with Crippen LogP contribution in [0.1, 0.15) is 6.92 Å². The lowest BCUT2D eigenvalue weighted by atomic mass is 10.2. The maximum absolute atomic E-state index is 12.6. The molecule has 4 heteroatoms. The Morgan fingerprint density at radius 3 is 2.18 bits per heavy atom. The highest BCUT2D eigenvalue weighted by Gasteiger charge is 2.12. The monoisotopic (exact) mass is 164 g/mol. The van der Waals surface area contributed by atoms with E-state index in [-0.39, 0.29) is 5.57 Å². The van der Waals surface area contributed by atoms with Crippen molar-refractivity contribution in [2.75, 3.05) is 20.8 Å². The number of hydrogen-bond donors (Lipinski definition) is 1. The van der Waals surface area contributed by atoms with Gasteiger partial charge in [-0.05, 0) is 6.92 Å². The number of ether oxygens (including phenoxy) is 2. The SMILES string of the molecule is COC(OC)C(C)=C(F)CO. The molecule has 1 N–H and O–H groups in total. The van der Waals surface area contributed by atoms with E-state index in [0.29, 0.717) is 0 Å². The van der Waals surface area contributed by atoms with Crippen LogP contribution in [0.15, 0.2) is 11.4 Å². The average molecular weight is 164 g/mol. The molecule has 0 aliphatic heterocycles. The second kappa shape index (κ2) is 5.23. The van der Waals surface area contributed by atoms with Gasteiger partial charge in [-0.25, -0.2) is 4.39 Å². The van der Waals surface area contributed by atoms with E-state index in [1.54, 1.807) is 0 Å². The smallest absolute Gasteiger partial charge is 0.181 e. The van der Waals surface area contributed by atoms with Gasteiger partial charge in [0.2, 0.25) is 0 Å². The van der Waals surface area contributed by atoms with Gasteiger partial charge < -0.3 is 14.6 Å². The minimum atomic E-state index is -0.706. The van der Waals surface area contributed by atoms with Gasteiger partial charge in [0.25, 0.3) is 0 Å². The van der Waals surface area contributed by atoms with Gasteiger partial charge in [-0.15, -0.1) is 0 Å². The molecule has 11 heavy (non-hydrogen) atoms. The first-order valence-electron chi connectivity index (χ1n) is 3.19. The summed E-state index contributed by atoms with van der Waals surface area (Å²) in [5, 5.41) is 8.40. The first-order valence-corrected chi connectivity index (χ1v) is 3.19. The van der Waals surface area contributed by atoms with E-state index in [9.17, 15) is 4.39 Å². The van der Waals surface area contributed by atoms with Crippen molar-refractivity contribution < 1.29 is 19.0 Å². The van der Waals surface area contributed by atoms with Crippen molar-refractivity contribution in [3.63, 3.8) is 0 Å². The molecule has 66 valence electrons. The van der Waals surface area contributed by atoms with Crippen LogP contribution in [0, 0.1) is 0 Å². The summed E-state index contributed by atoms with van der Waals surface area (Å²) in [6.07, 6.45) is -0.706. The second-order valence-electron chi connectivity index (χ2n) is 2.05. The van der Waals surface area contributed by atoms with E-state index in [1.807, 2.05) is 0 Å². The zero-order valence-corrected chi connectivity index (χ0v) is 6.93. The Morgan fingerprint density at radius 1 is 1.45 bits per heavy atom. The first kappa shape index (κ1) is 10.6. The lowest BCUT2D eigenvalue weighted by Crippen LogP contribution is -2.16. The quantitative estimate of drug-likeness (QED) is 0.626. The van der Waals surface area contributed by atoms with Gasteiger partial charge in [-0.1, -0.05) is 0 Å². The van der Waals surface area contributed by atoms with Crippen LogP contribution in [-0.2, 0) is 9.47 Å². The molecule has 0 rings (SSSR count). The Kier molecular flexibility index (Phi) is 5.02. The van der Waals surface area contributed by atoms with Crippen molar-refractivity contribution in [3.8, 4) is 0 Å². The topological polar surface area (TPSA) is 38.7 Å². The summed E-state index contributed by atoms with van der Waals surface area (Å²) in [6, 6.07) is 0. The van der Waals surface area contributed by atoms with E-state index < -0.39 is 18.7 Å². The van der Waals surface area contributed by atoms with E-state index in [0.717, 1.165) is 0 Å². The molecular weight excluding hydrogens is 151 g/mol. The van der Waals surface area contributed by atoms with Crippen LogP contribution in [0.2, 0.25) is 0 Å². The molecule has 0 spiro atoms. The van der Waals surface area contributed by atoms with Crippen molar-refractivity contribution in [1.29, 1.82) is 0 Å². The largest absolute Gasteiger partial charge is 0.389 e. The van der Waals surface area contributed by atoms with Crippen molar-refractivity contribution in [2.24, 2.45) is 0 Å². The molecule has 0 radical (unpaired) electrons. The number of hydrogen-bond acceptors (Lipinski definition) is 3. The minimum Gasteiger partial charge on any atom is -0.389 e. The van der Waals surface area contributed by atoms with Crippen LogP contribution in [0.3, 0.4) is 0 Å². The molecule has 0 saturated carbocycles. The molecule has 0 fully saturated rings. The van der Waals surface area contributed by atoms with Crippen LogP contribution in [0.5, 0.6) is 0 Å². The standard InChI is InChI=1S/C7H13FO3/c1-5(6(8)4-9)7(10-2)11-3/h7,9H,4H2,1-3H3. The van der Waals surface area contributed by atoms with Crippen LogP contribution in [0.4, 0.5) is 4.39 Å². The van der Waals surface area contributed by atoms with Crippen LogP contribution >= 0.6 is 0 Å². The van der Waals surface area contributed by atoms with Crippen LogP contribution < -0.4 is 0 Å². The maximum Gasteiger partial charge on any atom is 0.181 e. The fraction of sp³-hybridized carbons (Fsp3) is 0.714. The summed E-state index contributed by atoms with van der Waals surface area (Å²) in [6.45, 7) is 0.887. The third-order valence-electron chi connectivity index (χ3n) is 1.35. The fourth-order valence-corrected chi connectivity index (χ4v) is 0.702. The Hall–Kier alpha value is -0.450. The van der Waals surface area contributed by atoms with Crippen molar-refractivity contribution in [1.82, 2.24) is 0 Å². The molecule has 0 saturated heterocycles. The van der Waals surface area contributed by atoms with Crippen molar-refractivity contribution in [2.45, 2.75) is 13.2 Å². The van der Waals surface area contributed by atoms with Crippen LogP contribution in [-0.4, -0.2) is 32.2 Å². The fourth-order valence-electron chi connectivity index (χ4n) is 0.702. The lowest BCUT2D eigenvalue weighted by molar-refractivity contribution is -0.0765. The third kappa shape index (κ3) is 2.96. The normalized spacial score (nSPS) is 13.6. The summed E-state index contributed by atoms with van der Waals surface area (Å²) >= 11 is 0. The van der Waals surface area contributed by atoms with E-state index >= 15 is 0 Å². The van der Waals surface area contributed by atoms with E-state index in [1.165, 1.54) is 21.1 Å². The van der Waals surface area contributed by atoms with Gasteiger partial charge in [0.05, 0.1) is 6.61 Å².